The van der Waals surface area contributed by atoms with E-state index in [9.17, 15) is 5.11 Å². The average molecular weight is 338 g/mol. The van der Waals surface area contributed by atoms with Crippen molar-refractivity contribution >= 4 is 32.6 Å². The summed E-state index contributed by atoms with van der Waals surface area (Å²) >= 11 is 0. The average Bonchev–Trinajstić information content (AvgIpc) is 2.99. The Kier molecular flexibility index (Phi) is 3.30. The molecule has 0 atom stereocenters. The number of pyridine rings is 1. The number of aromatic nitrogens is 2. The van der Waals surface area contributed by atoms with Crippen molar-refractivity contribution in [1.29, 1.82) is 0 Å². The first-order valence-corrected chi connectivity index (χ1v) is 8.73. The Morgan fingerprint density at radius 3 is 2.62 bits per heavy atom. The summed E-state index contributed by atoms with van der Waals surface area (Å²) in [4.78, 5) is 4.76. The lowest BCUT2D eigenvalue weighted by molar-refractivity contribution is 0.282. The van der Waals surface area contributed by atoms with Crippen molar-refractivity contribution in [2.75, 3.05) is 0 Å². The minimum Gasteiger partial charge on any atom is -0.392 e. The molecule has 0 spiro atoms. The second-order valence-corrected chi connectivity index (χ2v) is 6.65. The number of aryl methyl sites for hydroxylation is 1. The zero-order valence-corrected chi connectivity index (χ0v) is 14.5. The summed E-state index contributed by atoms with van der Waals surface area (Å²) in [5.74, 6) is 0. The Morgan fingerprint density at radius 2 is 1.73 bits per heavy atom. The highest BCUT2D eigenvalue weighted by atomic mass is 16.3. The number of hydrogen-bond donors (Lipinski definition) is 1. The molecule has 1 N–H and O–H groups in total. The fourth-order valence-electron chi connectivity index (χ4n) is 3.95. The van der Waals surface area contributed by atoms with E-state index < -0.39 is 0 Å². The van der Waals surface area contributed by atoms with Crippen LogP contribution >= 0.6 is 0 Å². The molecule has 0 aliphatic carbocycles. The second kappa shape index (κ2) is 5.68. The number of benzene rings is 3. The van der Waals surface area contributed by atoms with E-state index in [0.29, 0.717) is 0 Å². The van der Waals surface area contributed by atoms with Crippen LogP contribution in [0.4, 0.5) is 0 Å². The van der Waals surface area contributed by atoms with Gasteiger partial charge in [-0.05, 0) is 34.5 Å². The van der Waals surface area contributed by atoms with Crippen LogP contribution in [0.3, 0.4) is 0 Å². The smallest absolute Gasteiger partial charge is 0.0951 e. The molecule has 5 aromatic rings. The quantitative estimate of drug-likeness (QED) is 0.490. The van der Waals surface area contributed by atoms with Crippen LogP contribution in [0.2, 0.25) is 0 Å². The van der Waals surface area contributed by atoms with E-state index in [-0.39, 0.29) is 6.61 Å². The number of rotatable bonds is 2. The SMILES string of the molecule is Cn1c2ccc(CO)cc2c2ccnc(-c3cccc4ccccc34)c21. The highest BCUT2D eigenvalue weighted by Gasteiger charge is 2.15. The van der Waals surface area contributed by atoms with Crippen LogP contribution in [0.25, 0.3) is 43.8 Å². The van der Waals surface area contributed by atoms with Crippen molar-refractivity contribution in [3.63, 3.8) is 0 Å². The number of aliphatic hydroxyl groups is 1. The van der Waals surface area contributed by atoms with Crippen molar-refractivity contribution in [1.82, 2.24) is 9.55 Å². The maximum atomic E-state index is 9.51. The summed E-state index contributed by atoms with van der Waals surface area (Å²) in [6, 6.07) is 23.0. The monoisotopic (exact) mass is 338 g/mol. The van der Waals surface area contributed by atoms with Crippen LogP contribution in [0.1, 0.15) is 5.56 Å². The van der Waals surface area contributed by atoms with Crippen molar-refractivity contribution < 1.29 is 5.11 Å². The Morgan fingerprint density at radius 1 is 0.885 bits per heavy atom. The van der Waals surface area contributed by atoms with Crippen LogP contribution in [0, 0.1) is 0 Å². The molecule has 0 aliphatic heterocycles. The summed E-state index contributed by atoms with van der Waals surface area (Å²) in [7, 11) is 2.08. The first-order valence-electron chi connectivity index (χ1n) is 8.73. The van der Waals surface area contributed by atoms with Gasteiger partial charge in [-0.2, -0.15) is 0 Å². The third-order valence-electron chi connectivity index (χ3n) is 5.20. The third-order valence-corrected chi connectivity index (χ3v) is 5.20. The van der Waals surface area contributed by atoms with Gasteiger partial charge in [-0.25, -0.2) is 0 Å². The van der Waals surface area contributed by atoms with E-state index in [0.717, 1.165) is 38.6 Å². The van der Waals surface area contributed by atoms with Gasteiger partial charge in [-0.15, -0.1) is 0 Å². The van der Waals surface area contributed by atoms with E-state index in [1.54, 1.807) is 0 Å². The molecule has 2 aromatic heterocycles. The van der Waals surface area contributed by atoms with E-state index in [1.165, 1.54) is 10.8 Å². The van der Waals surface area contributed by atoms with E-state index in [2.05, 4.69) is 72.3 Å². The predicted molar refractivity (Wildman–Crippen MR) is 107 cm³/mol. The highest BCUT2D eigenvalue weighted by Crippen LogP contribution is 2.36. The molecular weight excluding hydrogens is 320 g/mol. The molecule has 2 heterocycles. The van der Waals surface area contributed by atoms with Gasteiger partial charge >= 0.3 is 0 Å². The van der Waals surface area contributed by atoms with Gasteiger partial charge < -0.3 is 9.67 Å². The van der Waals surface area contributed by atoms with Gasteiger partial charge in [0.25, 0.3) is 0 Å². The molecular formula is C23H18N2O. The Balaban J connectivity index is 1.92. The first-order chi connectivity index (χ1) is 12.8. The molecule has 5 rings (SSSR count). The van der Waals surface area contributed by atoms with Crippen molar-refractivity contribution in [2.45, 2.75) is 6.61 Å². The van der Waals surface area contributed by atoms with Gasteiger partial charge in [0.15, 0.2) is 0 Å². The summed E-state index contributed by atoms with van der Waals surface area (Å²) < 4.78 is 2.20. The van der Waals surface area contributed by atoms with Crippen LogP contribution < -0.4 is 0 Å². The Bertz CT molecular complexity index is 1280. The highest BCUT2D eigenvalue weighted by molar-refractivity contribution is 6.13. The second-order valence-electron chi connectivity index (χ2n) is 6.65. The standard InChI is InChI=1S/C23H18N2O/c1-25-21-10-9-15(14-26)13-20(21)19-11-12-24-22(23(19)25)18-8-4-6-16-5-2-3-7-17(16)18/h2-13,26H,14H2,1H3. The number of fused-ring (bicyclic) bond motifs is 4. The number of aliphatic hydroxyl groups excluding tert-OH is 1. The Labute approximate surface area is 151 Å². The normalized spacial score (nSPS) is 11.6. The maximum absolute atomic E-state index is 9.51. The predicted octanol–water partition coefficient (Wildman–Crippen LogP) is 5.04. The summed E-state index contributed by atoms with van der Waals surface area (Å²) in [5.41, 5.74) is 5.32. The first kappa shape index (κ1) is 15.1. The molecule has 3 aromatic carbocycles. The van der Waals surface area contributed by atoms with Crippen LogP contribution in [-0.4, -0.2) is 14.7 Å². The molecule has 3 heteroatoms. The summed E-state index contributed by atoms with van der Waals surface area (Å²) in [5, 5.41) is 14.2. The van der Waals surface area contributed by atoms with Crippen LogP contribution in [-0.2, 0) is 13.7 Å². The minimum absolute atomic E-state index is 0.0492. The number of nitrogens with zero attached hydrogens (tertiary/aromatic N) is 2. The van der Waals surface area contributed by atoms with Gasteiger partial charge in [0, 0.05) is 35.1 Å². The maximum Gasteiger partial charge on any atom is 0.0951 e. The summed E-state index contributed by atoms with van der Waals surface area (Å²) in [6.07, 6.45) is 1.88. The van der Waals surface area contributed by atoms with Crippen molar-refractivity contribution in [2.24, 2.45) is 7.05 Å². The molecule has 0 amide bonds. The fraction of sp³-hybridized carbons (Fsp3) is 0.0870. The zero-order valence-electron chi connectivity index (χ0n) is 14.5. The summed E-state index contributed by atoms with van der Waals surface area (Å²) in [6.45, 7) is 0.0492. The molecule has 0 fully saturated rings. The third kappa shape index (κ3) is 2.07. The lowest BCUT2D eigenvalue weighted by Crippen LogP contribution is -1.93. The molecule has 0 saturated heterocycles. The van der Waals surface area contributed by atoms with E-state index in [4.69, 9.17) is 4.98 Å². The van der Waals surface area contributed by atoms with Crippen molar-refractivity contribution in [3.8, 4) is 11.3 Å². The lowest BCUT2D eigenvalue weighted by atomic mass is 10.0. The van der Waals surface area contributed by atoms with Gasteiger partial charge in [-0.1, -0.05) is 48.5 Å². The molecule has 0 aliphatic rings. The molecule has 126 valence electrons. The fourth-order valence-corrected chi connectivity index (χ4v) is 3.95. The molecule has 0 saturated carbocycles. The molecule has 0 radical (unpaired) electrons. The number of hydrogen-bond acceptors (Lipinski definition) is 2. The van der Waals surface area contributed by atoms with Gasteiger partial charge in [0.05, 0.1) is 17.8 Å². The van der Waals surface area contributed by atoms with Gasteiger partial charge in [0.2, 0.25) is 0 Å². The van der Waals surface area contributed by atoms with Crippen LogP contribution in [0.15, 0.2) is 72.9 Å². The van der Waals surface area contributed by atoms with E-state index in [1.807, 2.05) is 12.3 Å². The molecule has 26 heavy (non-hydrogen) atoms. The zero-order chi connectivity index (χ0) is 17.7. The van der Waals surface area contributed by atoms with Gasteiger partial charge in [-0.3, -0.25) is 4.98 Å². The minimum atomic E-state index is 0.0492. The van der Waals surface area contributed by atoms with Gasteiger partial charge in [0.1, 0.15) is 0 Å². The van der Waals surface area contributed by atoms with E-state index >= 15 is 0 Å². The largest absolute Gasteiger partial charge is 0.392 e. The molecule has 0 bridgehead atoms. The molecule has 3 nitrogen and oxygen atoms in total. The molecule has 0 unspecified atom stereocenters. The Hall–Kier alpha value is -3.17. The van der Waals surface area contributed by atoms with Crippen LogP contribution in [0.5, 0.6) is 0 Å². The van der Waals surface area contributed by atoms with Crippen molar-refractivity contribution in [3.05, 3.63) is 78.5 Å². The topological polar surface area (TPSA) is 38.0 Å². The lowest BCUT2D eigenvalue weighted by Gasteiger charge is -2.09.